The van der Waals surface area contributed by atoms with Crippen molar-refractivity contribution in [2.75, 3.05) is 10.6 Å². The van der Waals surface area contributed by atoms with E-state index in [1.54, 1.807) is 42.7 Å². The van der Waals surface area contributed by atoms with Crippen LogP contribution in [-0.4, -0.2) is 20.7 Å². The molecule has 1 aromatic carbocycles. The molecule has 2 heterocycles. The summed E-state index contributed by atoms with van der Waals surface area (Å²) in [5.74, 6) is 0.259. The van der Waals surface area contributed by atoms with Crippen LogP contribution in [-0.2, 0) is 15.5 Å². The molecule has 0 fully saturated rings. The summed E-state index contributed by atoms with van der Waals surface area (Å²) in [6.45, 7) is 0. The molecule has 0 saturated heterocycles. The number of halogens is 1. The van der Waals surface area contributed by atoms with Gasteiger partial charge in [-0.25, -0.2) is 4.98 Å². The third kappa shape index (κ3) is 3.91. The zero-order chi connectivity index (χ0) is 17.3. The fraction of sp³-hybridized carbons (Fsp3) is 0.0667. The molecular weight excluding hydrogens is 397 g/mol. The van der Waals surface area contributed by atoms with E-state index in [0.717, 1.165) is 4.47 Å². The first-order valence-electron chi connectivity index (χ1n) is 6.89. The van der Waals surface area contributed by atoms with Gasteiger partial charge >= 0.3 is 7.60 Å². The molecule has 1 aliphatic heterocycles. The van der Waals surface area contributed by atoms with Crippen molar-refractivity contribution >= 4 is 46.5 Å². The molecule has 0 atom stereocenters. The van der Waals surface area contributed by atoms with Crippen molar-refractivity contribution < 1.29 is 19.1 Å². The fourth-order valence-electron chi connectivity index (χ4n) is 2.28. The Labute approximate surface area is 146 Å². The molecule has 0 aliphatic carbocycles. The van der Waals surface area contributed by atoms with Gasteiger partial charge in [0.25, 0.3) is 5.91 Å². The first-order chi connectivity index (χ1) is 11.3. The number of aromatic nitrogens is 1. The molecule has 0 bridgehead atoms. The number of carbonyl (C=O) groups excluding carboxylic acids is 1. The van der Waals surface area contributed by atoms with Gasteiger partial charge in [0.1, 0.15) is 5.82 Å². The number of nitrogens with zero attached hydrogens (tertiary/aromatic N) is 1. The van der Waals surface area contributed by atoms with Gasteiger partial charge in [-0.2, -0.15) is 0 Å². The lowest BCUT2D eigenvalue weighted by molar-refractivity contribution is -0.110. The fourth-order valence-corrected chi connectivity index (χ4v) is 3.30. The SMILES string of the molecule is O=C1Nc2ncc(Br)cc2/C1=C/Nc1ccc(CP(=O)(O)O)cc1. The van der Waals surface area contributed by atoms with Crippen LogP contribution in [0, 0.1) is 0 Å². The Hall–Kier alpha value is -1.99. The lowest BCUT2D eigenvalue weighted by Gasteiger charge is -2.06. The van der Waals surface area contributed by atoms with Crippen molar-refractivity contribution in [3.8, 4) is 0 Å². The van der Waals surface area contributed by atoms with Gasteiger partial charge in [0, 0.05) is 28.1 Å². The number of fused-ring (bicyclic) bond motifs is 1. The molecule has 7 nitrogen and oxygen atoms in total. The first kappa shape index (κ1) is 16.9. The largest absolute Gasteiger partial charge is 0.361 e. The van der Waals surface area contributed by atoms with E-state index in [0.29, 0.717) is 28.2 Å². The highest BCUT2D eigenvalue weighted by molar-refractivity contribution is 9.10. The highest BCUT2D eigenvalue weighted by Crippen LogP contribution is 2.39. The second-order valence-electron chi connectivity index (χ2n) is 5.23. The molecule has 0 saturated carbocycles. The van der Waals surface area contributed by atoms with Crippen molar-refractivity contribution in [2.24, 2.45) is 0 Å². The van der Waals surface area contributed by atoms with Crippen LogP contribution in [0.5, 0.6) is 0 Å². The molecule has 4 N–H and O–H groups in total. The number of carbonyl (C=O) groups is 1. The van der Waals surface area contributed by atoms with E-state index in [1.807, 2.05) is 0 Å². The van der Waals surface area contributed by atoms with E-state index in [-0.39, 0.29) is 12.1 Å². The van der Waals surface area contributed by atoms with Gasteiger partial charge in [-0.3, -0.25) is 9.36 Å². The van der Waals surface area contributed by atoms with Crippen LogP contribution in [0.15, 0.2) is 47.2 Å². The van der Waals surface area contributed by atoms with E-state index in [4.69, 9.17) is 9.79 Å². The first-order valence-corrected chi connectivity index (χ1v) is 9.48. The second kappa shape index (κ2) is 6.49. The van der Waals surface area contributed by atoms with E-state index < -0.39 is 7.60 Å². The minimum absolute atomic E-state index is 0.249. The minimum atomic E-state index is -4.08. The predicted molar refractivity (Wildman–Crippen MR) is 94.4 cm³/mol. The maximum atomic E-state index is 12.0. The Bertz CT molecular complexity index is 877. The number of hydrogen-bond donors (Lipinski definition) is 4. The number of pyridine rings is 1. The summed E-state index contributed by atoms with van der Waals surface area (Å²) >= 11 is 3.33. The lowest BCUT2D eigenvalue weighted by atomic mass is 10.1. The quantitative estimate of drug-likeness (QED) is 0.456. The average Bonchev–Trinajstić information content (AvgIpc) is 2.80. The van der Waals surface area contributed by atoms with Gasteiger partial charge in [0.15, 0.2) is 0 Å². The number of rotatable bonds is 4. The average molecular weight is 410 g/mol. The van der Waals surface area contributed by atoms with Gasteiger partial charge in [-0.1, -0.05) is 12.1 Å². The molecule has 0 unspecified atom stereocenters. The van der Waals surface area contributed by atoms with Crippen molar-refractivity contribution in [1.29, 1.82) is 0 Å². The summed E-state index contributed by atoms with van der Waals surface area (Å²) in [6.07, 6.45) is 2.88. The number of nitrogens with one attached hydrogen (secondary N) is 2. The van der Waals surface area contributed by atoms with E-state index in [2.05, 4.69) is 31.5 Å². The third-order valence-corrected chi connectivity index (χ3v) is 4.56. The van der Waals surface area contributed by atoms with E-state index in [9.17, 15) is 9.36 Å². The van der Waals surface area contributed by atoms with Crippen LogP contribution in [0.2, 0.25) is 0 Å². The molecule has 0 spiro atoms. The Morgan fingerprint density at radius 1 is 1.29 bits per heavy atom. The number of hydrogen-bond acceptors (Lipinski definition) is 4. The summed E-state index contributed by atoms with van der Waals surface area (Å²) in [5, 5.41) is 5.69. The topological polar surface area (TPSA) is 112 Å². The highest BCUT2D eigenvalue weighted by Gasteiger charge is 2.25. The molecule has 24 heavy (non-hydrogen) atoms. The van der Waals surface area contributed by atoms with Crippen molar-refractivity contribution in [3.05, 3.63) is 58.3 Å². The predicted octanol–water partition coefficient (Wildman–Crippen LogP) is 2.93. The molecule has 1 aliphatic rings. The summed E-state index contributed by atoms with van der Waals surface area (Å²) in [7, 11) is -4.08. The number of anilines is 2. The molecule has 9 heteroatoms. The van der Waals surface area contributed by atoms with Crippen LogP contribution in [0.1, 0.15) is 11.1 Å². The third-order valence-electron chi connectivity index (χ3n) is 3.35. The molecular formula is C15H13BrN3O4P. The maximum Gasteiger partial charge on any atom is 0.329 e. The minimum Gasteiger partial charge on any atom is -0.361 e. The molecule has 1 aromatic heterocycles. The zero-order valence-electron chi connectivity index (χ0n) is 12.2. The Kier molecular flexibility index (Phi) is 4.56. The summed E-state index contributed by atoms with van der Waals surface area (Å²) in [5.41, 5.74) is 2.39. The number of amides is 1. The molecule has 124 valence electrons. The zero-order valence-corrected chi connectivity index (χ0v) is 14.7. The summed E-state index contributed by atoms with van der Waals surface area (Å²) in [4.78, 5) is 34.1. The summed E-state index contributed by atoms with van der Waals surface area (Å²) < 4.78 is 11.7. The van der Waals surface area contributed by atoms with Crippen molar-refractivity contribution in [2.45, 2.75) is 6.16 Å². The smallest absolute Gasteiger partial charge is 0.329 e. The van der Waals surface area contributed by atoms with Crippen LogP contribution < -0.4 is 10.6 Å². The van der Waals surface area contributed by atoms with Gasteiger partial charge < -0.3 is 20.4 Å². The number of benzene rings is 1. The lowest BCUT2D eigenvalue weighted by Crippen LogP contribution is -2.05. The highest BCUT2D eigenvalue weighted by atomic mass is 79.9. The van der Waals surface area contributed by atoms with Gasteiger partial charge in [-0.05, 0) is 39.7 Å². The normalized spacial score (nSPS) is 15.3. The second-order valence-corrected chi connectivity index (χ2v) is 7.79. The van der Waals surface area contributed by atoms with Crippen LogP contribution >= 0.6 is 23.5 Å². The van der Waals surface area contributed by atoms with Crippen molar-refractivity contribution in [3.63, 3.8) is 0 Å². The van der Waals surface area contributed by atoms with Gasteiger partial charge in [-0.15, -0.1) is 0 Å². The van der Waals surface area contributed by atoms with Crippen LogP contribution in [0.4, 0.5) is 11.5 Å². The monoisotopic (exact) mass is 409 g/mol. The van der Waals surface area contributed by atoms with Crippen molar-refractivity contribution in [1.82, 2.24) is 4.98 Å². The van der Waals surface area contributed by atoms with Gasteiger partial charge in [0.05, 0.1) is 11.7 Å². The molecule has 3 rings (SSSR count). The van der Waals surface area contributed by atoms with Crippen LogP contribution in [0.25, 0.3) is 5.57 Å². The summed E-state index contributed by atoms with van der Waals surface area (Å²) in [6, 6.07) is 8.43. The molecule has 0 radical (unpaired) electrons. The van der Waals surface area contributed by atoms with E-state index >= 15 is 0 Å². The van der Waals surface area contributed by atoms with E-state index in [1.165, 1.54) is 0 Å². The molecule has 1 amide bonds. The van der Waals surface area contributed by atoms with Crippen LogP contribution in [0.3, 0.4) is 0 Å². The Morgan fingerprint density at radius 3 is 2.67 bits per heavy atom. The standard InChI is InChI=1S/C15H13BrN3O4P/c16-10-5-12-13(15(20)19-14(12)18-6-10)7-17-11-3-1-9(2-4-11)8-24(21,22)23/h1-7,17H,8H2,(H,18,19,20)(H2,21,22,23)/b13-7-. The maximum absolute atomic E-state index is 12.0. The van der Waals surface area contributed by atoms with Gasteiger partial charge in [0.2, 0.25) is 0 Å². The Morgan fingerprint density at radius 2 is 2.00 bits per heavy atom. The molecule has 2 aromatic rings. The Balaban J connectivity index is 1.78.